The molecule has 1 unspecified atom stereocenters. The molecule has 1 aliphatic heterocycles. The van der Waals surface area contributed by atoms with E-state index in [0.717, 1.165) is 23.3 Å². The van der Waals surface area contributed by atoms with Gasteiger partial charge in [-0.15, -0.1) is 0 Å². The number of aromatic hydroxyl groups is 1. The third kappa shape index (κ3) is 2.32. The van der Waals surface area contributed by atoms with E-state index in [9.17, 15) is 5.11 Å². The van der Waals surface area contributed by atoms with Gasteiger partial charge in [0.25, 0.3) is 0 Å². The third-order valence-electron chi connectivity index (χ3n) is 3.48. The first-order valence-corrected chi connectivity index (χ1v) is 6.39. The zero-order chi connectivity index (χ0) is 13.2. The highest BCUT2D eigenvalue weighted by atomic mass is 16.3. The highest BCUT2D eigenvalue weighted by Gasteiger charge is 2.26. The van der Waals surface area contributed by atoms with Crippen molar-refractivity contribution >= 4 is 5.71 Å². The minimum Gasteiger partial charge on any atom is -0.508 e. The highest BCUT2D eigenvalue weighted by molar-refractivity contribution is 6.01. The van der Waals surface area contributed by atoms with Gasteiger partial charge in [0, 0.05) is 13.5 Å². The minimum absolute atomic E-state index is 0.197. The predicted molar refractivity (Wildman–Crippen MR) is 76.2 cm³/mol. The number of phenols is 1. The molecule has 0 fully saturated rings. The summed E-state index contributed by atoms with van der Waals surface area (Å²) in [5.41, 5.74) is 3.35. The Balaban J connectivity index is 1.86. The molecule has 0 bridgehead atoms. The molecule has 1 atom stereocenters. The smallest absolute Gasteiger partial charge is 0.115 e. The quantitative estimate of drug-likeness (QED) is 0.891. The normalized spacial score (nSPS) is 18.5. The molecular formula is C16H16N2O. The molecule has 3 nitrogen and oxygen atoms in total. The van der Waals surface area contributed by atoms with Crippen LogP contribution >= 0.6 is 0 Å². The monoisotopic (exact) mass is 252 g/mol. The van der Waals surface area contributed by atoms with Gasteiger partial charge in [-0.05, 0) is 23.3 Å². The van der Waals surface area contributed by atoms with Gasteiger partial charge in [-0.25, -0.2) is 0 Å². The lowest BCUT2D eigenvalue weighted by Gasteiger charge is -2.19. The van der Waals surface area contributed by atoms with Crippen LogP contribution in [0.3, 0.4) is 0 Å². The van der Waals surface area contributed by atoms with Crippen LogP contribution in [0.15, 0.2) is 59.7 Å². The molecule has 0 saturated heterocycles. The molecule has 3 rings (SSSR count). The Morgan fingerprint density at radius 2 is 1.89 bits per heavy atom. The van der Waals surface area contributed by atoms with Crippen molar-refractivity contribution in [2.24, 2.45) is 5.10 Å². The third-order valence-corrected chi connectivity index (χ3v) is 3.48. The fourth-order valence-electron chi connectivity index (χ4n) is 2.49. The molecule has 0 spiro atoms. The summed E-state index contributed by atoms with van der Waals surface area (Å²) >= 11 is 0. The number of hydrogen-bond donors (Lipinski definition) is 1. The first-order valence-electron chi connectivity index (χ1n) is 6.39. The van der Waals surface area contributed by atoms with E-state index in [1.807, 2.05) is 48.5 Å². The van der Waals surface area contributed by atoms with E-state index < -0.39 is 0 Å². The summed E-state index contributed by atoms with van der Waals surface area (Å²) in [5, 5.41) is 16.2. The first-order chi connectivity index (χ1) is 9.24. The second-order valence-corrected chi connectivity index (χ2v) is 4.80. The zero-order valence-electron chi connectivity index (χ0n) is 10.8. The average Bonchev–Trinajstić information content (AvgIpc) is 2.82. The van der Waals surface area contributed by atoms with Crippen LogP contribution < -0.4 is 0 Å². The van der Waals surface area contributed by atoms with E-state index in [0.29, 0.717) is 5.75 Å². The summed E-state index contributed by atoms with van der Waals surface area (Å²) in [7, 11) is 1.98. The summed E-state index contributed by atoms with van der Waals surface area (Å²) in [6, 6.07) is 17.8. The zero-order valence-corrected chi connectivity index (χ0v) is 10.8. The topological polar surface area (TPSA) is 35.8 Å². The van der Waals surface area contributed by atoms with Crippen molar-refractivity contribution in [3.8, 4) is 5.75 Å². The van der Waals surface area contributed by atoms with E-state index in [2.05, 4.69) is 17.2 Å². The maximum Gasteiger partial charge on any atom is 0.115 e. The standard InChI is InChI=1S/C16H16N2O/c1-18-16(13-8-5-9-14(19)10-13)11-15(17-18)12-6-3-2-4-7-12/h2-10,16,19H,11H2,1H3. The number of rotatable bonds is 2. The fourth-order valence-corrected chi connectivity index (χ4v) is 2.49. The maximum atomic E-state index is 9.59. The van der Waals surface area contributed by atoms with E-state index >= 15 is 0 Å². The number of hydrazone groups is 1. The van der Waals surface area contributed by atoms with Crippen molar-refractivity contribution in [1.29, 1.82) is 0 Å². The molecule has 2 aromatic carbocycles. The van der Waals surface area contributed by atoms with E-state index in [-0.39, 0.29) is 6.04 Å². The Morgan fingerprint density at radius 1 is 1.11 bits per heavy atom. The molecule has 0 saturated carbocycles. The Kier molecular flexibility index (Phi) is 2.95. The van der Waals surface area contributed by atoms with Crippen molar-refractivity contribution in [2.75, 3.05) is 7.05 Å². The van der Waals surface area contributed by atoms with Gasteiger partial charge in [0.15, 0.2) is 0 Å². The Hall–Kier alpha value is -2.29. The summed E-state index contributed by atoms with van der Waals surface area (Å²) in [6.07, 6.45) is 0.865. The van der Waals surface area contributed by atoms with Crippen LogP contribution in [0, 0.1) is 0 Å². The van der Waals surface area contributed by atoms with Crippen LogP contribution in [0.1, 0.15) is 23.6 Å². The second-order valence-electron chi connectivity index (χ2n) is 4.80. The maximum absolute atomic E-state index is 9.59. The molecule has 0 radical (unpaired) electrons. The SMILES string of the molecule is CN1N=C(c2ccccc2)CC1c1cccc(O)c1. The summed E-state index contributed by atoms with van der Waals surface area (Å²) in [4.78, 5) is 0. The van der Waals surface area contributed by atoms with Gasteiger partial charge >= 0.3 is 0 Å². The van der Waals surface area contributed by atoms with E-state index in [1.165, 1.54) is 0 Å². The number of phenolic OH excluding ortho intramolecular Hbond substituents is 1. The molecule has 2 aromatic rings. The van der Waals surface area contributed by atoms with Crippen LogP contribution in [0.4, 0.5) is 0 Å². The predicted octanol–water partition coefficient (Wildman–Crippen LogP) is 3.17. The molecule has 0 aliphatic carbocycles. The van der Waals surface area contributed by atoms with Crippen molar-refractivity contribution in [3.05, 3.63) is 65.7 Å². The van der Waals surface area contributed by atoms with Gasteiger partial charge < -0.3 is 5.11 Å². The average molecular weight is 252 g/mol. The van der Waals surface area contributed by atoms with Gasteiger partial charge in [0.1, 0.15) is 5.75 Å². The summed E-state index contributed by atoms with van der Waals surface area (Å²) < 4.78 is 0. The van der Waals surface area contributed by atoms with E-state index in [4.69, 9.17) is 0 Å². The fraction of sp³-hybridized carbons (Fsp3) is 0.188. The minimum atomic E-state index is 0.197. The molecule has 3 heteroatoms. The van der Waals surface area contributed by atoms with Crippen LogP contribution in [0.25, 0.3) is 0 Å². The molecule has 0 aromatic heterocycles. The van der Waals surface area contributed by atoms with Crippen molar-refractivity contribution in [3.63, 3.8) is 0 Å². The lowest BCUT2D eigenvalue weighted by Crippen LogP contribution is -2.13. The van der Waals surface area contributed by atoms with Crippen LogP contribution in [-0.4, -0.2) is 22.9 Å². The molecule has 0 amide bonds. The van der Waals surface area contributed by atoms with Gasteiger partial charge in [0.05, 0.1) is 11.8 Å². The number of nitrogens with zero attached hydrogens (tertiary/aromatic N) is 2. The van der Waals surface area contributed by atoms with Crippen LogP contribution in [0.5, 0.6) is 5.75 Å². The van der Waals surface area contributed by atoms with E-state index in [1.54, 1.807) is 6.07 Å². The molecule has 1 heterocycles. The van der Waals surface area contributed by atoms with Gasteiger partial charge in [-0.3, -0.25) is 5.01 Å². The molecule has 1 N–H and O–H groups in total. The summed E-state index contributed by atoms with van der Waals surface area (Å²) in [6.45, 7) is 0. The van der Waals surface area contributed by atoms with Gasteiger partial charge in [-0.1, -0.05) is 42.5 Å². The Labute approximate surface area is 112 Å². The lowest BCUT2D eigenvalue weighted by atomic mass is 9.98. The van der Waals surface area contributed by atoms with Crippen molar-refractivity contribution < 1.29 is 5.11 Å². The van der Waals surface area contributed by atoms with Crippen LogP contribution in [0.2, 0.25) is 0 Å². The lowest BCUT2D eigenvalue weighted by molar-refractivity contribution is 0.289. The first kappa shape index (κ1) is 11.8. The largest absolute Gasteiger partial charge is 0.508 e. The van der Waals surface area contributed by atoms with Gasteiger partial charge in [-0.2, -0.15) is 5.10 Å². The number of benzene rings is 2. The van der Waals surface area contributed by atoms with Gasteiger partial charge in [0.2, 0.25) is 0 Å². The molecule has 96 valence electrons. The molecule has 19 heavy (non-hydrogen) atoms. The Morgan fingerprint density at radius 3 is 2.63 bits per heavy atom. The molecule has 1 aliphatic rings. The van der Waals surface area contributed by atoms with Crippen molar-refractivity contribution in [1.82, 2.24) is 5.01 Å². The van der Waals surface area contributed by atoms with Crippen molar-refractivity contribution in [2.45, 2.75) is 12.5 Å². The highest BCUT2D eigenvalue weighted by Crippen LogP contribution is 2.32. The second kappa shape index (κ2) is 4.76. The number of hydrogen-bond acceptors (Lipinski definition) is 3. The van der Waals surface area contributed by atoms with Crippen LogP contribution in [-0.2, 0) is 0 Å². The summed E-state index contributed by atoms with van der Waals surface area (Å²) in [5.74, 6) is 0.305. The Bertz CT molecular complexity index is 607. The molecular weight excluding hydrogens is 236 g/mol.